The zero-order chi connectivity index (χ0) is 19.3. The highest BCUT2D eigenvalue weighted by molar-refractivity contribution is 8.00. The summed E-state index contributed by atoms with van der Waals surface area (Å²) in [7, 11) is 0. The molecule has 2 aromatic rings. The molecule has 0 aliphatic rings. The van der Waals surface area contributed by atoms with Crippen molar-refractivity contribution in [2.24, 2.45) is 0 Å². The number of hydrogen-bond acceptors (Lipinski definition) is 4. The Morgan fingerprint density at radius 2 is 1.81 bits per heavy atom. The van der Waals surface area contributed by atoms with Crippen molar-refractivity contribution in [3.8, 4) is 0 Å². The van der Waals surface area contributed by atoms with Crippen LogP contribution in [0.4, 0.5) is 0 Å². The van der Waals surface area contributed by atoms with E-state index in [2.05, 4.69) is 11.4 Å². The Bertz CT molecular complexity index is 790. The second kappa shape index (κ2) is 8.38. The van der Waals surface area contributed by atoms with Gasteiger partial charge >= 0.3 is 5.97 Å². The molecule has 0 aliphatic heterocycles. The molecule has 138 valence electrons. The molecule has 2 unspecified atom stereocenters. The molecule has 0 saturated heterocycles. The lowest BCUT2D eigenvalue weighted by atomic mass is 10.1. The topological polar surface area (TPSA) is 86.6 Å². The number of carboxylic acid groups (broad SMARTS) is 1. The van der Waals surface area contributed by atoms with E-state index >= 15 is 0 Å². The number of carbonyl (C=O) groups excluding carboxylic acids is 1. The highest BCUT2D eigenvalue weighted by Crippen LogP contribution is 2.37. The molecular weight excluding hydrogens is 350 g/mol. The number of carbonyl (C=O) groups is 2. The lowest BCUT2D eigenvalue weighted by molar-refractivity contribution is -0.156. The molecule has 1 amide bonds. The van der Waals surface area contributed by atoms with Crippen LogP contribution in [0.2, 0.25) is 0 Å². The average molecular weight is 373 g/mol. The SMILES string of the molecule is Cc1ccc(SC(C(=O)NCC(C)(O)C(=O)O)c2ccccc2)c(C)c1. The Balaban J connectivity index is 2.24. The predicted molar refractivity (Wildman–Crippen MR) is 102 cm³/mol. The van der Waals surface area contributed by atoms with E-state index in [1.165, 1.54) is 11.8 Å². The Morgan fingerprint density at radius 3 is 2.38 bits per heavy atom. The van der Waals surface area contributed by atoms with Gasteiger partial charge in [-0.3, -0.25) is 4.79 Å². The third-order valence-corrected chi connectivity index (χ3v) is 5.42. The van der Waals surface area contributed by atoms with Crippen LogP contribution in [0.1, 0.15) is 28.9 Å². The maximum atomic E-state index is 12.8. The van der Waals surface area contributed by atoms with Gasteiger partial charge in [0.05, 0.1) is 6.54 Å². The van der Waals surface area contributed by atoms with Crippen molar-refractivity contribution in [2.75, 3.05) is 6.54 Å². The molecule has 26 heavy (non-hydrogen) atoms. The molecule has 0 fully saturated rings. The fourth-order valence-electron chi connectivity index (χ4n) is 2.39. The third kappa shape index (κ3) is 5.09. The quantitative estimate of drug-likeness (QED) is 0.649. The molecule has 0 radical (unpaired) electrons. The number of carboxylic acids is 1. The number of amides is 1. The van der Waals surface area contributed by atoms with E-state index in [4.69, 9.17) is 5.11 Å². The Hall–Kier alpha value is -2.31. The second-order valence-corrected chi connectivity index (χ2v) is 7.62. The summed E-state index contributed by atoms with van der Waals surface area (Å²) in [6.45, 7) is 4.80. The molecule has 3 N–H and O–H groups in total. The molecule has 0 saturated carbocycles. The Kier molecular flexibility index (Phi) is 6.45. The van der Waals surface area contributed by atoms with Crippen LogP contribution in [-0.2, 0) is 9.59 Å². The average Bonchev–Trinajstić information content (AvgIpc) is 2.60. The van der Waals surface area contributed by atoms with Crippen molar-refractivity contribution in [3.05, 3.63) is 65.2 Å². The van der Waals surface area contributed by atoms with Crippen molar-refractivity contribution in [3.63, 3.8) is 0 Å². The highest BCUT2D eigenvalue weighted by Gasteiger charge is 2.32. The van der Waals surface area contributed by atoms with Gasteiger partial charge in [-0.25, -0.2) is 4.79 Å². The van der Waals surface area contributed by atoms with Crippen molar-refractivity contribution >= 4 is 23.6 Å². The van der Waals surface area contributed by atoms with Gasteiger partial charge in [0.15, 0.2) is 5.60 Å². The summed E-state index contributed by atoms with van der Waals surface area (Å²) in [4.78, 5) is 24.8. The summed E-state index contributed by atoms with van der Waals surface area (Å²) >= 11 is 1.40. The van der Waals surface area contributed by atoms with Crippen LogP contribution in [0.3, 0.4) is 0 Å². The van der Waals surface area contributed by atoms with E-state index < -0.39 is 16.8 Å². The van der Waals surface area contributed by atoms with Crippen molar-refractivity contribution < 1.29 is 19.8 Å². The van der Waals surface area contributed by atoms with Gasteiger partial charge < -0.3 is 15.5 Å². The van der Waals surface area contributed by atoms with Gasteiger partial charge in [0.2, 0.25) is 5.91 Å². The number of aryl methyl sites for hydroxylation is 2. The first-order valence-corrected chi connectivity index (χ1v) is 9.11. The van der Waals surface area contributed by atoms with Crippen LogP contribution in [0.5, 0.6) is 0 Å². The number of aliphatic carboxylic acids is 1. The van der Waals surface area contributed by atoms with Crippen LogP contribution < -0.4 is 5.32 Å². The molecule has 2 aromatic carbocycles. The minimum Gasteiger partial charge on any atom is -0.479 e. The van der Waals surface area contributed by atoms with Crippen LogP contribution in [-0.4, -0.2) is 34.2 Å². The van der Waals surface area contributed by atoms with Crippen LogP contribution in [0.15, 0.2) is 53.4 Å². The largest absolute Gasteiger partial charge is 0.479 e. The number of hydrogen-bond donors (Lipinski definition) is 3. The molecule has 0 spiro atoms. The minimum absolute atomic E-state index is 0.345. The van der Waals surface area contributed by atoms with Gasteiger partial charge in [-0.05, 0) is 38.0 Å². The Labute approximate surface area is 157 Å². The molecular formula is C20H23NO4S. The summed E-state index contributed by atoms with van der Waals surface area (Å²) in [6, 6.07) is 15.3. The smallest absolute Gasteiger partial charge is 0.337 e. The van der Waals surface area contributed by atoms with Gasteiger partial charge in [0.1, 0.15) is 5.25 Å². The van der Waals surface area contributed by atoms with Gasteiger partial charge in [0.25, 0.3) is 0 Å². The molecule has 0 aromatic heterocycles. The summed E-state index contributed by atoms with van der Waals surface area (Å²) in [5.74, 6) is -1.72. The van der Waals surface area contributed by atoms with Gasteiger partial charge in [0, 0.05) is 4.90 Å². The lowest BCUT2D eigenvalue weighted by Crippen LogP contribution is -2.47. The maximum Gasteiger partial charge on any atom is 0.337 e. The molecule has 0 bridgehead atoms. The predicted octanol–water partition coefficient (Wildman–Crippen LogP) is 3.09. The zero-order valence-corrected chi connectivity index (χ0v) is 15.8. The van der Waals surface area contributed by atoms with E-state index in [9.17, 15) is 14.7 Å². The summed E-state index contributed by atoms with van der Waals surface area (Å²) in [5, 5.41) is 20.8. The first kappa shape index (κ1) is 20.0. The number of aliphatic hydroxyl groups is 1. The van der Waals surface area contributed by atoms with E-state index in [-0.39, 0.29) is 12.5 Å². The van der Waals surface area contributed by atoms with E-state index in [1.807, 2.05) is 56.3 Å². The number of benzene rings is 2. The summed E-state index contributed by atoms with van der Waals surface area (Å²) in [5.41, 5.74) is 1.01. The fourth-order valence-corrected chi connectivity index (χ4v) is 3.52. The van der Waals surface area contributed by atoms with Crippen molar-refractivity contribution in [2.45, 2.75) is 36.5 Å². The Morgan fingerprint density at radius 1 is 1.15 bits per heavy atom. The normalized spacial score (nSPS) is 14.3. The first-order valence-electron chi connectivity index (χ1n) is 8.23. The van der Waals surface area contributed by atoms with Crippen molar-refractivity contribution in [1.82, 2.24) is 5.32 Å². The molecule has 2 rings (SSSR count). The number of thioether (sulfide) groups is 1. The highest BCUT2D eigenvalue weighted by atomic mass is 32.2. The number of nitrogens with one attached hydrogen (secondary N) is 1. The molecule has 0 aliphatic carbocycles. The molecule has 0 heterocycles. The fraction of sp³-hybridized carbons (Fsp3) is 0.300. The van der Waals surface area contributed by atoms with E-state index in [0.29, 0.717) is 0 Å². The summed E-state index contributed by atoms with van der Waals surface area (Å²) < 4.78 is 0. The first-order chi connectivity index (χ1) is 12.2. The molecule has 6 heteroatoms. The lowest BCUT2D eigenvalue weighted by Gasteiger charge is -2.22. The molecule has 5 nitrogen and oxygen atoms in total. The van der Waals surface area contributed by atoms with Gasteiger partial charge in [-0.15, -0.1) is 11.8 Å². The standard InChI is InChI=1S/C20H23NO4S/c1-13-9-10-16(14(2)11-13)26-17(15-7-5-4-6-8-15)18(22)21-12-20(3,25)19(23)24/h4-11,17,25H,12H2,1-3H3,(H,21,22)(H,23,24). The summed E-state index contributed by atoms with van der Waals surface area (Å²) in [6.07, 6.45) is 0. The van der Waals surface area contributed by atoms with Gasteiger partial charge in [-0.2, -0.15) is 0 Å². The van der Waals surface area contributed by atoms with Crippen LogP contribution in [0.25, 0.3) is 0 Å². The second-order valence-electron chi connectivity index (χ2n) is 6.47. The molecule has 2 atom stereocenters. The van der Waals surface area contributed by atoms with Crippen LogP contribution >= 0.6 is 11.8 Å². The number of rotatable bonds is 7. The monoisotopic (exact) mass is 373 g/mol. The van der Waals surface area contributed by atoms with Crippen LogP contribution in [0, 0.1) is 13.8 Å². The third-order valence-electron chi connectivity index (χ3n) is 3.98. The maximum absolute atomic E-state index is 12.8. The minimum atomic E-state index is -2.01. The van der Waals surface area contributed by atoms with E-state index in [1.54, 1.807) is 0 Å². The zero-order valence-electron chi connectivity index (χ0n) is 15.0. The van der Waals surface area contributed by atoms with Gasteiger partial charge in [-0.1, -0.05) is 48.0 Å². The van der Waals surface area contributed by atoms with E-state index in [0.717, 1.165) is 28.5 Å². The van der Waals surface area contributed by atoms with Crippen molar-refractivity contribution in [1.29, 1.82) is 0 Å².